The molecule has 0 saturated carbocycles. The van der Waals surface area contributed by atoms with Crippen LogP contribution in [-0.2, 0) is 10.0 Å². The predicted molar refractivity (Wildman–Crippen MR) is 78.7 cm³/mol. The molecule has 0 unspecified atom stereocenters. The van der Waals surface area contributed by atoms with E-state index in [0.29, 0.717) is 25.4 Å². The standard InChI is InChI=1S/C14H23N2O4S/c1-3-15-9-11-16(17,12-10-15)21(18,19)14-7-5-13(6-8-14)20-4-2/h5-8,17H,3-4,9-12H2,1-2H3/q+1. The summed E-state index contributed by atoms with van der Waals surface area (Å²) in [5.74, 6) is 0.622. The zero-order chi connectivity index (χ0) is 15.5. The molecule has 0 radical (unpaired) electrons. The second-order valence-electron chi connectivity index (χ2n) is 5.11. The molecule has 0 spiro atoms. The highest BCUT2D eigenvalue weighted by atomic mass is 32.2. The first-order valence-corrected chi connectivity index (χ1v) is 8.67. The summed E-state index contributed by atoms with van der Waals surface area (Å²) in [4.78, 5) is 2.25. The molecular formula is C14H23N2O4S+. The van der Waals surface area contributed by atoms with E-state index < -0.39 is 14.1 Å². The summed E-state index contributed by atoms with van der Waals surface area (Å²) in [5, 5.41) is 10.5. The first-order valence-electron chi connectivity index (χ1n) is 7.23. The van der Waals surface area contributed by atoms with Gasteiger partial charge in [-0.05, 0) is 37.7 Å². The number of benzene rings is 1. The molecule has 0 amide bonds. The highest BCUT2D eigenvalue weighted by Crippen LogP contribution is 2.25. The highest BCUT2D eigenvalue weighted by Gasteiger charge is 2.45. The zero-order valence-electron chi connectivity index (χ0n) is 12.5. The Balaban J connectivity index is 2.21. The third-order valence-corrected chi connectivity index (χ3v) is 5.99. The molecule has 6 nitrogen and oxygen atoms in total. The summed E-state index contributed by atoms with van der Waals surface area (Å²) in [6.07, 6.45) is 0. The Labute approximate surface area is 126 Å². The number of sulfonamides is 1. The van der Waals surface area contributed by atoms with Gasteiger partial charge in [0.05, 0.1) is 19.7 Å². The van der Waals surface area contributed by atoms with Crippen molar-refractivity contribution in [3.63, 3.8) is 0 Å². The second-order valence-corrected chi connectivity index (χ2v) is 7.21. The van der Waals surface area contributed by atoms with E-state index >= 15 is 0 Å². The van der Waals surface area contributed by atoms with Gasteiger partial charge in [0.2, 0.25) is 0 Å². The van der Waals surface area contributed by atoms with Crippen LogP contribution in [0.15, 0.2) is 29.2 Å². The molecule has 1 aromatic rings. The van der Waals surface area contributed by atoms with Gasteiger partial charge in [-0.2, -0.15) is 8.42 Å². The first-order chi connectivity index (χ1) is 9.93. The summed E-state index contributed by atoms with van der Waals surface area (Å²) < 4.78 is 29.7. The number of likely N-dealkylation sites (N-methyl/N-ethyl adjacent to an activating group) is 1. The van der Waals surface area contributed by atoms with Crippen LogP contribution >= 0.6 is 0 Å². The monoisotopic (exact) mass is 315 g/mol. The fourth-order valence-electron chi connectivity index (χ4n) is 2.45. The van der Waals surface area contributed by atoms with Crippen LogP contribution in [0, 0.1) is 0 Å². The number of piperazine rings is 1. The van der Waals surface area contributed by atoms with Crippen molar-refractivity contribution in [2.45, 2.75) is 18.7 Å². The Kier molecular flexibility index (Phi) is 4.88. The average Bonchev–Trinajstić information content (AvgIpc) is 2.49. The highest BCUT2D eigenvalue weighted by molar-refractivity contribution is 7.85. The lowest BCUT2D eigenvalue weighted by atomic mass is 10.3. The van der Waals surface area contributed by atoms with Gasteiger partial charge in [0.1, 0.15) is 23.7 Å². The lowest BCUT2D eigenvalue weighted by Crippen LogP contribution is -2.60. The van der Waals surface area contributed by atoms with Crippen molar-refractivity contribution in [1.29, 1.82) is 0 Å². The largest absolute Gasteiger partial charge is 0.494 e. The molecule has 1 N–H and O–H groups in total. The maximum Gasteiger partial charge on any atom is 0.357 e. The van der Waals surface area contributed by atoms with E-state index in [1.54, 1.807) is 12.1 Å². The van der Waals surface area contributed by atoms with Crippen molar-refractivity contribution >= 4 is 10.0 Å². The number of nitrogens with zero attached hydrogens (tertiary/aromatic N) is 2. The van der Waals surface area contributed by atoms with Gasteiger partial charge in [0.25, 0.3) is 0 Å². The Morgan fingerprint density at radius 2 is 1.76 bits per heavy atom. The maximum absolute atomic E-state index is 12.6. The molecular weight excluding hydrogens is 292 g/mol. The van der Waals surface area contributed by atoms with Crippen LogP contribution in [0.5, 0.6) is 5.75 Å². The smallest absolute Gasteiger partial charge is 0.357 e. The minimum absolute atomic E-state index is 0.124. The number of hydroxylamine groups is 2. The van der Waals surface area contributed by atoms with Gasteiger partial charge in [-0.1, -0.05) is 11.0 Å². The Morgan fingerprint density at radius 3 is 2.24 bits per heavy atom. The molecule has 0 aromatic heterocycles. The van der Waals surface area contributed by atoms with Crippen LogP contribution < -0.4 is 4.74 Å². The molecule has 1 aromatic carbocycles. The predicted octanol–water partition coefficient (Wildman–Crippen LogP) is 1.32. The SMILES string of the molecule is CCOc1ccc(S(=O)(=O)[N+]2(O)CCN(CC)CC2)cc1. The molecule has 0 aliphatic carbocycles. The van der Waals surface area contributed by atoms with Crippen molar-refractivity contribution < 1.29 is 22.4 Å². The molecule has 0 bridgehead atoms. The van der Waals surface area contributed by atoms with E-state index in [0.717, 1.165) is 6.54 Å². The molecule has 21 heavy (non-hydrogen) atoms. The summed E-state index contributed by atoms with van der Waals surface area (Å²) in [6, 6.07) is 6.21. The van der Waals surface area contributed by atoms with Crippen LogP contribution in [0.1, 0.15) is 13.8 Å². The fourth-order valence-corrected chi connectivity index (χ4v) is 3.96. The van der Waals surface area contributed by atoms with Gasteiger partial charge in [0, 0.05) is 0 Å². The van der Waals surface area contributed by atoms with Crippen molar-refractivity contribution in [2.24, 2.45) is 0 Å². The summed E-state index contributed by atoms with van der Waals surface area (Å²) in [6.45, 7) is 6.80. The Hall–Kier alpha value is -1.15. The molecule has 1 aliphatic heterocycles. The van der Waals surface area contributed by atoms with Gasteiger partial charge in [-0.15, -0.1) is 0 Å². The van der Waals surface area contributed by atoms with Crippen molar-refractivity contribution in [3.8, 4) is 5.75 Å². The maximum atomic E-state index is 12.6. The van der Waals surface area contributed by atoms with Crippen LogP contribution in [0.25, 0.3) is 0 Å². The van der Waals surface area contributed by atoms with Crippen molar-refractivity contribution in [1.82, 2.24) is 4.90 Å². The third-order valence-electron chi connectivity index (χ3n) is 3.86. The molecule has 118 valence electrons. The lowest BCUT2D eigenvalue weighted by Gasteiger charge is -2.36. The molecule has 1 saturated heterocycles. The van der Waals surface area contributed by atoms with Crippen LogP contribution in [0.2, 0.25) is 0 Å². The Bertz CT molecular complexity index is 563. The van der Waals surface area contributed by atoms with Crippen molar-refractivity contribution in [3.05, 3.63) is 24.3 Å². The fraction of sp³-hybridized carbons (Fsp3) is 0.571. The minimum Gasteiger partial charge on any atom is -0.494 e. The van der Waals surface area contributed by atoms with Gasteiger partial charge in [0.15, 0.2) is 0 Å². The molecule has 1 heterocycles. The average molecular weight is 315 g/mol. The lowest BCUT2D eigenvalue weighted by molar-refractivity contribution is -1.00. The van der Waals surface area contributed by atoms with Crippen LogP contribution in [-0.4, -0.2) is 61.9 Å². The summed E-state index contributed by atoms with van der Waals surface area (Å²) >= 11 is 0. The van der Waals surface area contributed by atoms with E-state index in [9.17, 15) is 13.6 Å². The molecule has 0 atom stereocenters. The molecule has 7 heteroatoms. The van der Waals surface area contributed by atoms with E-state index in [1.165, 1.54) is 12.1 Å². The van der Waals surface area contributed by atoms with Crippen LogP contribution in [0.3, 0.4) is 0 Å². The topological polar surface area (TPSA) is 66.8 Å². The number of hydrogen-bond donors (Lipinski definition) is 1. The van der Waals surface area contributed by atoms with E-state index in [1.807, 2.05) is 13.8 Å². The first kappa shape index (κ1) is 16.2. The Morgan fingerprint density at radius 1 is 1.19 bits per heavy atom. The second kappa shape index (κ2) is 6.31. The third kappa shape index (κ3) is 3.21. The zero-order valence-corrected chi connectivity index (χ0v) is 13.3. The molecule has 2 rings (SSSR count). The van der Waals surface area contributed by atoms with E-state index in [2.05, 4.69) is 4.90 Å². The summed E-state index contributed by atoms with van der Waals surface area (Å²) in [7, 11) is -3.81. The number of rotatable bonds is 5. The number of quaternary nitrogens is 1. The number of ether oxygens (including phenoxy) is 1. The van der Waals surface area contributed by atoms with E-state index in [-0.39, 0.29) is 18.0 Å². The summed E-state index contributed by atoms with van der Waals surface area (Å²) in [5.41, 5.74) is 0. The minimum atomic E-state index is -3.81. The molecule has 1 aliphatic rings. The van der Waals surface area contributed by atoms with Gasteiger partial charge >= 0.3 is 10.0 Å². The van der Waals surface area contributed by atoms with Gasteiger partial charge in [-0.25, -0.2) is 5.21 Å². The van der Waals surface area contributed by atoms with Gasteiger partial charge < -0.3 is 4.74 Å². The van der Waals surface area contributed by atoms with Crippen molar-refractivity contribution in [2.75, 3.05) is 39.3 Å². The molecule has 1 fully saturated rings. The van der Waals surface area contributed by atoms with Crippen LogP contribution in [0.4, 0.5) is 0 Å². The van der Waals surface area contributed by atoms with Gasteiger partial charge in [-0.3, -0.25) is 4.90 Å². The normalized spacial score (nSPS) is 19.4. The number of hydrogen-bond acceptors (Lipinski definition) is 5. The van der Waals surface area contributed by atoms with E-state index in [4.69, 9.17) is 4.74 Å². The quantitative estimate of drug-likeness (QED) is 0.830.